The molecule has 1 aliphatic rings. The van der Waals surface area contributed by atoms with Crippen LogP contribution in [0, 0.1) is 5.92 Å². The third-order valence-electron chi connectivity index (χ3n) is 5.26. The summed E-state index contributed by atoms with van der Waals surface area (Å²) < 4.78 is 21.5. The van der Waals surface area contributed by atoms with Crippen molar-refractivity contribution in [3.63, 3.8) is 0 Å². The van der Waals surface area contributed by atoms with Gasteiger partial charge in [0.25, 0.3) is 0 Å². The first-order valence-corrected chi connectivity index (χ1v) is 9.79. The van der Waals surface area contributed by atoms with Gasteiger partial charge >= 0.3 is 5.97 Å². The summed E-state index contributed by atoms with van der Waals surface area (Å²) in [4.78, 5) is 25.8. The van der Waals surface area contributed by atoms with Crippen LogP contribution in [0.15, 0.2) is 48.5 Å². The number of hydrogen-bond acceptors (Lipinski definition) is 6. The highest BCUT2D eigenvalue weighted by molar-refractivity contribution is 6.11. The Morgan fingerprint density at radius 1 is 1.00 bits per heavy atom. The molecule has 0 radical (unpaired) electrons. The van der Waals surface area contributed by atoms with Crippen LogP contribution in [0.1, 0.15) is 30.4 Å². The zero-order valence-corrected chi connectivity index (χ0v) is 17.6. The van der Waals surface area contributed by atoms with Gasteiger partial charge in [-0.1, -0.05) is 18.2 Å². The average molecular weight is 410 g/mol. The fourth-order valence-electron chi connectivity index (χ4n) is 3.84. The Kier molecular flexibility index (Phi) is 6.77. The van der Waals surface area contributed by atoms with Gasteiger partial charge in [0.2, 0.25) is 0 Å². The van der Waals surface area contributed by atoms with E-state index in [0.29, 0.717) is 23.7 Å². The highest BCUT2D eigenvalue weighted by Gasteiger charge is 2.40. The molecule has 0 saturated heterocycles. The van der Waals surface area contributed by atoms with Crippen molar-refractivity contribution in [2.75, 3.05) is 27.9 Å². The van der Waals surface area contributed by atoms with Crippen LogP contribution in [-0.4, -0.2) is 39.7 Å². The van der Waals surface area contributed by atoms with E-state index in [0.717, 1.165) is 16.7 Å². The molecule has 0 aromatic heterocycles. The molecule has 30 heavy (non-hydrogen) atoms. The molecule has 0 saturated carbocycles. The van der Waals surface area contributed by atoms with Crippen LogP contribution in [0.3, 0.4) is 0 Å². The van der Waals surface area contributed by atoms with Crippen molar-refractivity contribution in [2.45, 2.75) is 19.3 Å². The molecule has 0 bridgehead atoms. The van der Waals surface area contributed by atoms with Crippen molar-refractivity contribution in [1.82, 2.24) is 0 Å². The molecule has 0 fully saturated rings. The van der Waals surface area contributed by atoms with E-state index in [9.17, 15) is 9.59 Å². The van der Waals surface area contributed by atoms with E-state index in [-0.39, 0.29) is 12.4 Å². The third-order valence-corrected chi connectivity index (χ3v) is 5.26. The molecule has 2 aromatic rings. The van der Waals surface area contributed by atoms with Gasteiger partial charge in [-0.25, -0.2) is 0 Å². The van der Waals surface area contributed by atoms with Gasteiger partial charge in [-0.05, 0) is 48.8 Å². The maximum Gasteiger partial charge on any atom is 0.317 e. The Morgan fingerprint density at radius 3 is 2.27 bits per heavy atom. The van der Waals surface area contributed by atoms with E-state index in [1.807, 2.05) is 36.4 Å². The quantitative estimate of drug-likeness (QED) is 0.507. The molecule has 0 aliphatic heterocycles. The van der Waals surface area contributed by atoms with E-state index < -0.39 is 17.8 Å². The van der Waals surface area contributed by atoms with Gasteiger partial charge < -0.3 is 18.9 Å². The number of carbonyl (C=O) groups excluding carboxylic acids is 2. The molecule has 6 heteroatoms. The Balaban J connectivity index is 2.11. The second-order valence-electron chi connectivity index (χ2n) is 6.96. The number of methoxy groups -OCH3 is 3. The van der Waals surface area contributed by atoms with Crippen molar-refractivity contribution in [3.05, 3.63) is 59.7 Å². The second kappa shape index (κ2) is 9.48. The molecule has 3 rings (SSSR count). The van der Waals surface area contributed by atoms with Crippen LogP contribution in [0.2, 0.25) is 0 Å². The predicted octanol–water partition coefficient (Wildman–Crippen LogP) is 4.03. The minimum absolute atomic E-state index is 0.208. The van der Waals surface area contributed by atoms with Crippen LogP contribution in [0.4, 0.5) is 0 Å². The van der Waals surface area contributed by atoms with E-state index in [1.54, 1.807) is 34.3 Å². The average Bonchev–Trinajstić information content (AvgIpc) is 2.78. The smallest absolute Gasteiger partial charge is 0.317 e. The summed E-state index contributed by atoms with van der Waals surface area (Å²) in [5.41, 5.74) is 2.42. The lowest BCUT2D eigenvalue weighted by Crippen LogP contribution is -2.34. The van der Waals surface area contributed by atoms with Crippen molar-refractivity contribution >= 4 is 17.3 Å². The first kappa shape index (κ1) is 21.4. The van der Waals surface area contributed by atoms with Crippen molar-refractivity contribution in [1.29, 1.82) is 0 Å². The number of esters is 1. The minimum Gasteiger partial charge on any atom is -0.497 e. The lowest BCUT2D eigenvalue weighted by molar-refractivity contribution is -0.151. The summed E-state index contributed by atoms with van der Waals surface area (Å²) >= 11 is 0. The molecule has 0 heterocycles. The standard InChI is InChI=1S/C24H26O6/c1-5-30-24(26)23-20(15-10-17(27-2)14-18(11-15)28-3)12-16(13-21(23)25)19-8-6-7-9-22(19)29-4/h6-11,13-14,20,23H,5,12H2,1-4H3/t20-,23+/m0/s1. The zero-order chi connectivity index (χ0) is 21.7. The SMILES string of the molecule is CCOC(=O)[C@H]1C(=O)C=C(c2ccccc2OC)C[C@H]1c1cc(OC)cc(OC)c1. The van der Waals surface area contributed by atoms with E-state index in [1.165, 1.54) is 6.08 Å². The molecule has 0 unspecified atom stereocenters. The summed E-state index contributed by atoms with van der Waals surface area (Å²) in [7, 11) is 4.72. The van der Waals surface area contributed by atoms with Crippen LogP contribution in [-0.2, 0) is 14.3 Å². The lowest BCUT2D eigenvalue weighted by atomic mass is 9.73. The van der Waals surface area contributed by atoms with Gasteiger partial charge in [0, 0.05) is 17.5 Å². The molecule has 2 atom stereocenters. The molecule has 2 aromatic carbocycles. The number of carbonyl (C=O) groups is 2. The van der Waals surface area contributed by atoms with Gasteiger partial charge in [-0.3, -0.25) is 9.59 Å². The van der Waals surface area contributed by atoms with Crippen molar-refractivity contribution in [2.24, 2.45) is 5.92 Å². The Labute approximate surface area is 176 Å². The van der Waals surface area contributed by atoms with Crippen molar-refractivity contribution < 1.29 is 28.5 Å². The summed E-state index contributed by atoms with van der Waals surface area (Å²) in [5.74, 6) is -0.309. The van der Waals surface area contributed by atoms with E-state index in [2.05, 4.69) is 0 Å². The topological polar surface area (TPSA) is 71.1 Å². The summed E-state index contributed by atoms with van der Waals surface area (Å²) in [6.07, 6.45) is 2.00. The summed E-state index contributed by atoms with van der Waals surface area (Å²) in [6.45, 7) is 1.94. The highest BCUT2D eigenvalue weighted by atomic mass is 16.5. The first-order valence-electron chi connectivity index (χ1n) is 9.79. The van der Waals surface area contributed by atoms with E-state index in [4.69, 9.17) is 18.9 Å². The molecular weight excluding hydrogens is 384 g/mol. The number of ether oxygens (including phenoxy) is 4. The maximum atomic E-state index is 13.1. The third kappa shape index (κ3) is 4.32. The molecular formula is C24H26O6. The van der Waals surface area contributed by atoms with Gasteiger partial charge in [-0.2, -0.15) is 0 Å². The molecule has 6 nitrogen and oxygen atoms in total. The molecule has 158 valence electrons. The van der Waals surface area contributed by atoms with Crippen LogP contribution in [0.25, 0.3) is 5.57 Å². The summed E-state index contributed by atoms with van der Waals surface area (Å²) in [6, 6.07) is 12.9. The van der Waals surface area contributed by atoms with Gasteiger partial charge in [0.1, 0.15) is 23.2 Å². The Bertz CT molecular complexity index is 940. The number of hydrogen-bond donors (Lipinski definition) is 0. The highest BCUT2D eigenvalue weighted by Crippen LogP contribution is 2.43. The largest absolute Gasteiger partial charge is 0.497 e. The van der Waals surface area contributed by atoms with Gasteiger partial charge in [0.05, 0.1) is 27.9 Å². The van der Waals surface area contributed by atoms with E-state index >= 15 is 0 Å². The van der Waals surface area contributed by atoms with Crippen LogP contribution < -0.4 is 14.2 Å². The number of allylic oxidation sites excluding steroid dienone is 2. The van der Waals surface area contributed by atoms with Crippen LogP contribution >= 0.6 is 0 Å². The molecule has 1 aliphatic carbocycles. The lowest BCUT2D eigenvalue weighted by Gasteiger charge is -2.30. The number of para-hydroxylation sites is 1. The second-order valence-corrected chi connectivity index (χ2v) is 6.96. The molecule has 0 spiro atoms. The summed E-state index contributed by atoms with van der Waals surface area (Å²) in [5, 5.41) is 0. The Hall–Kier alpha value is -3.28. The Morgan fingerprint density at radius 2 is 1.67 bits per heavy atom. The molecule has 0 amide bonds. The van der Waals surface area contributed by atoms with Gasteiger partial charge in [0.15, 0.2) is 5.78 Å². The first-order chi connectivity index (χ1) is 14.5. The van der Waals surface area contributed by atoms with Crippen molar-refractivity contribution in [3.8, 4) is 17.2 Å². The monoisotopic (exact) mass is 410 g/mol. The number of ketones is 1. The normalized spacial score (nSPS) is 18.4. The number of benzene rings is 2. The fourth-order valence-corrected chi connectivity index (χ4v) is 3.84. The fraction of sp³-hybridized carbons (Fsp3) is 0.333. The minimum atomic E-state index is -0.930. The molecule has 0 N–H and O–H groups in total. The number of rotatable bonds is 7. The van der Waals surface area contributed by atoms with Crippen LogP contribution in [0.5, 0.6) is 17.2 Å². The zero-order valence-electron chi connectivity index (χ0n) is 17.6. The predicted molar refractivity (Wildman–Crippen MR) is 113 cm³/mol. The maximum absolute atomic E-state index is 13.1. The van der Waals surface area contributed by atoms with Gasteiger partial charge in [-0.15, -0.1) is 0 Å².